The second-order valence-corrected chi connectivity index (χ2v) is 4.17. The van der Waals surface area contributed by atoms with Gasteiger partial charge in [-0.1, -0.05) is 6.07 Å². The Morgan fingerprint density at radius 1 is 1.13 bits per heavy atom. The number of hydrogen-bond acceptors (Lipinski definition) is 2. The second-order valence-electron chi connectivity index (χ2n) is 4.17. The quantitative estimate of drug-likeness (QED) is 0.819. The Labute approximate surface area is 92.6 Å². The molecule has 2 atom stereocenters. The van der Waals surface area contributed by atoms with Gasteiger partial charge < -0.3 is 10.1 Å². The maximum Gasteiger partial charge on any atom is 0.0741 e. The van der Waals surface area contributed by atoms with Crippen molar-refractivity contribution < 1.29 is 4.74 Å². The zero-order valence-electron chi connectivity index (χ0n) is 10.3. The van der Waals surface area contributed by atoms with Crippen molar-refractivity contribution in [1.82, 2.24) is 0 Å². The van der Waals surface area contributed by atoms with E-state index in [1.165, 1.54) is 11.1 Å². The summed E-state index contributed by atoms with van der Waals surface area (Å²) in [6.45, 7) is 8.45. The molecule has 0 saturated heterocycles. The largest absolute Gasteiger partial charge is 0.380 e. The van der Waals surface area contributed by atoms with E-state index in [9.17, 15) is 0 Å². The fourth-order valence-electron chi connectivity index (χ4n) is 1.42. The number of anilines is 1. The lowest BCUT2D eigenvalue weighted by molar-refractivity contribution is 0.106. The van der Waals surface area contributed by atoms with E-state index in [0.717, 1.165) is 5.69 Å². The average Bonchev–Trinajstić information content (AvgIpc) is 2.22. The third kappa shape index (κ3) is 3.24. The van der Waals surface area contributed by atoms with Gasteiger partial charge in [0.25, 0.3) is 0 Å². The summed E-state index contributed by atoms with van der Waals surface area (Å²) in [7, 11) is 1.74. The van der Waals surface area contributed by atoms with Crippen LogP contribution in [-0.4, -0.2) is 19.3 Å². The zero-order valence-corrected chi connectivity index (χ0v) is 10.3. The van der Waals surface area contributed by atoms with Gasteiger partial charge in [-0.3, -0.25) is 0 Å². The molecule has 84 valence electrons. The van der Waals surface area contributed by atoms with Crippen LogP contribution in [0.2, 0.25) is 0 Å². The molecule has 0 bridgehead atoms. The molecule has 0 aliphatic rings. The topological polar surface area (TPSA) is 21.3 Å². The summed E-state index contributed by atoms with van der Waals surface area (Å²) in [5.41, 5.74) is 3.81. The van der Waals surface area contributed by atoms with Crippen LogP contribution in [0.5, 0.6) is 0 Å². The molecule has 2 nitrogen and oxygen atoms in total. The van der Waals surface area contributed by atoms with Crippen molar-refractivity contribution in [2.75, 3.05) is 12.4 Å². The monoisotopic (exact) mass is 207 g/mol. The Kier molecular flexibility index (Phi) is 4.15. The molecule has 0 amide bonds. The molecule has 2 heteroatoms. The first-order chi connectivity index (χ1) is 7.04. The molecule has 1 aromatic carbocycles. The average molecular weight is 207 g/mol. The highest BCUT2D eigenvalue weighted by molar-refractivity contribution is 5.48. The molecule has 1 aromatic rings. The van der Waals surface area contributed by atoms with Gasteiger partial charge in [-0.05, 0) is 51.0 Å². The SMILES string of the molecule is COC(C)C(C)Nc1ccc(C)c(C)c1. The third-order valence-electron chi connectivity index (χ3n) is 2.98. The molecular weight excluding hydrogens is 186 g/mol. The molecule has 0 saturated carbocycles. The highest BCUT2D eigenvalue weighted by atomic mass is 16.5. The predicted molar refractivity (Wildman–Crippen MR) is 65.5 cm³/mol. The van der Waals surface area contributed by atoms with E-state index < -0.39 is 0 Å². The van der Waals surface area contributed by atoms with Gasteiger partial charge in [0.1, 0.15) is 0 Å². The third-order valence-corrected chi connectivity index (χ3v) is 2.98. The smallest absolute Gasteiger partial charge is 0.0741 e. The van der Waals surface area contributed by atoms with E-state index in [1.54, 1.807) is 7.11 Å². The molecule has 15 heavy (non-hydrogen) atoms. The van der Waals surface area contributed by atoms with Crippen LogP contribution >= 0.6 is 0 Å². The molecule has 0 aliphatic heterocycles. The highest BCUT2D eigenvalue weighted by Crippen LogP contribution is 2.16. The number of benzene rings is 1. The van der Waals surface area contributed by atoms with E-state index in [4.69, 9.17) is 4.74 Å². The van der Waals surface area contributed by atoms with Gasteiger partial charge >= 0.3 is 0 Å². The molecule has 1 rings (SSSR count). The molecule has 0 radical (unpaired) electrons. The van der Waals surface area contributed by atoms with Gasteiger partial charge in [0.15, 0.2) is 0 Å². The Bertz CT molecular complexity index is 322. The lowest BCUT2D eigenvalue weighted by Gasteiger charge is -2.21. The standard InChI is InChI=1S/C13H21NO/c1-9-6-7-13(8-10(9)2)14-11(3)12(4)15-5/h6-8,11-12,14H,1-5H3. The van der Waals surface area contributed by atoms with Crippen molar-refractivity contribution in [2.24, 2.45) is 0 Å². The predicted octanol–water partition coefficient (Wildman–Crippen LogP) is 3.14. The Morgan fingerprint density at radius 2 is 1.80 bits per heavy atom. The van der Waals surface area contributed by atoms with E-state index >= 15 is 0 Å². The van der Waals surface area contributed by atoms with Gasteiger partial charge in [0.05, 0.1) is 6.10 Å². The first kappa shape index (κ1) is 12.1. The summed E-state index contributed by atoms with van der Waals surface area (Å²) < 4.78 is 5.28. The van der Waals surface area contributed by atoms with Gasteiger partial charge in [-0.25, -0.2) is 0 Å². The number of ether oxygens (including phenoxy) is 1. The summed E-state index contributed by atoms with van der Waals surface area (Å²) >= 11 is 0. The maximum atomic E-state index is 5.28. The minimum Gasteiger partial charge on any atom is -0.380 e. The van der Waals surface area contributed by atoms with Crippen LogP contribution < -0.4 is 5.32 Å². The summed E-state index contributed by atoms with van der Waals surface area (Å²) in [4.78, 5) is 0. The van der Waals surface area contributed by atoms with E-state index in [-0.39, 0.29) is 6.10 Å². The van der Waals surface area contributed by atoms with Crippen molar-refractivity contribution in [3.05, 3.63) is 29.3 Å². The van der Waals surface area contributed by atoms with Gasteiger partial charge in [-0.2, -0.15) is 0 Å². The van der Waals surface area contributed by atoms with Crippen LogP contribution in [0, 0.1) is 13.8 Å². The molecule has 0 aromatic heterocycles. The molecule has 0 fully saturated rings. The van der Waals surface area contributed by atoms with Crippen LogP contribution in [0.1, 0.15) is 25.0 Å². The minimum absolute atomic E-state index is 0.214. The second kappa shape index (κ2) is 5.17. The van der Waals surface area contributed by atoms with Crippen molar-refractivity contribution >= 4 is 5.69 Å². The van der Waals surface area contributed by atoms with Gasteiger partial charge in [-0.15, -0.1) is 0 Å². The maximum absolute atomic E-state index is 5.28. The van der Waals surface area contributed by atoms with E-state index in [2.05, 4.69) is 51.2 Å². The molecular formula is C13H21NO. The fourth-order valence-corrected chi connectivity index (χ4v) is 1.42. The Hall–Kier alpha value is -1.02. The van der Waals surface area contributed by atoms with Crippen LogP contribution in [0.25, 0.3) is 0 Å². The Morgan fingerprint density at radius 3 is 2.33 bits per heavy atom. The van der Waals surface area contributed by atoms with E-state index in [0.29, 0.717) is 6.04 Å². The van der Waals surface area contributed by atoms with Gasteiger partial charge in [0.2, 0.25) is 0 Å². The first-order valence-electron chi connectivity index (χ1n) is 5.41. The van der Waals surface area contributed by atoms with Crippen molar-refractivity contribution in [1.29, 1.82) is 0 Å². The first-order valence-corrected chi connectivity index (χ1v) is 5.41. The number of methoxy groups -OCH3 is 1. The lowest BCUT2D eigenvalue weighted by Crippen LogP contribution is -2.29. The number of rotatable bonds is 4. The minimum atomic E-state index is 0.214. The van der Waals surface area contributed by atoms with Gasteiger partial charge in [0, 0.05) is 18.8 Å². The molecule has 1 N–H and O–H groups in total. The van der Waals surface area contributed by atoms with Crippen LogP contribution in [0.3, 0.4) is 0 Å². The zero-order chi connectivity index (χ0) is 11.4. The highest BCUT2D eigenvalue weighted by Gasteiger charge is 2.10. The fraction of sp³-hybridized carbons (Fsp3) is 0.538. The molecule has 0 aliphatic carbocycles. The lowest BCUT2D eigenvalue weighted by atomic mass is 10.1. The molecule has 0 spiro atoms. The summed E-state index contributed by atoms with van der Waals surface area (Å²) in [5, 5.41) is 3.44. The van der Waals surface area contributed by atoms with Crippen LogP contribution in [-0.2, 0) is 4.74 Å². The van der Waals surface area contributed by atoms with E-state index in [1.807, 2.05) is 0 Å². The summed E-state index contributed by atoms with van der Waals surface area (Å²) in [6.07, 6.45) is 0.214. The van der Waals surface area contributed by atoms with Crippen molar-refractivity contribution in [3.63, 3.8) is 0 Å². The van der Waals surface area contributed by atoms with Crippen LogP contribution in [0.4, 0.5) is 5.69 Å². The molecule has 2 unspecified atom stereocenters. The summed E-state index contributed by atoms with van der Waals surface area (Å²) in [6, 6.07) is 6.74. The number of nitrogens with one attached hydrogen (secondary N) is 1. The normalized spacial score (nSPS) is 14.7. The summed E-state index contributed by atoms with van der Waals surface area (Å²) in [5.74, 6) is 0. The van der Waals surface area contributed by atoms with Crippen molar-refractivity contribution in [3.8, 4) is 0 Å². The number of hydrogen-bond donors (Lipinski definition) is 1. The molecule has 0 heterocycles. The Balaban J connectivity index is 2.68. The van der Waals surface area contributed by atoms with Crippen LogP contribution in [0.15, 0.2) is 18.2 Å². The van der Waals surface area contributed by atoms with Crippen molar-refractivity contribution in [2.45, 2.75) is 39.8 Å². The number of aryl methyl sites for hydroxylation is 2.